The number of hydrogen-bond acceptors (Lipinski definition) is 6. The number of thioether (sulfide) groups is 1. The second-order valence-electron chi connectivity index (χ2n) is 10.7. The molecule has 0 aromatic rings. The molecule has 0 aromatic heterocycles. The molecular formula is C25H40N2O5S. The van der Waals surface area contributed by atoms with Gasteiger partial charge in [0.2, 0.25) is 11.8 Å². The van der Waals surface area contributed by atoms with Crippen LogP contribution >= 0.6 is 11.8 Å². The summed E-state index contributed by atoms with van der Waals surface area (Å²) in [5.74, 6) is -1.70. The van der Waals surface area contributed by atoms with Crippen molar-refractivity contribution in [3.63, 3.8) is 0 Å². The molecule has 1 spiro atoms. The van der Waals surface area contributed by atoms with Gasteiger partial charge in [-0.2, -0.15) is 0 Å². The van der Waals surface area contributed by atoms with Crippen LogP contribution in [0.1, 0.15) is 79.1 Å². The van der Waals surface area contributed by atoms with Gasteiger partial charge >= 0.3 is 5.97 Å². The topological polar surface area (TPSA) is 95.9 Å². The SMILES string of the molecule is CCOC(=O)[C@H]1[C@H]2C(=O)N([C@@H](CO)[C@@H](C)CC)C(C(=O)NC3CCCCC3)C23CC[C@]1(C)S3. The van der Waals surface area contributed by atoms with Gasteiger partial charge in [0.1, 0.15) is 6.04 Å². The number of ether oxygens (including phenoxy) is 1. The first-order valence-corrected chi connectivity index (χ1v) is 13.7. The van der Waals surface area contributed by atoms with Gasteiger partial charge in [-0.25, -0.2) is 0 Å². The summed E-state index contributed by atoms with van der Waals surface area (Å²) in [4.78, 5) is 42.8. The van der Waals surface area contributed by atoms with Crippen molar-refractivity contribution in [2.75, 3.05) is 13.2 Å². The lowest BCUT2D eigenvalue weighted by Gasteiger charge is -2.40. The van der Waals surface area contributed by atoms with Gasteiger partial charge in [0.05, 0.1) is 35.8 Å². The second kappa shape index (κ2) is 9.40. The number of rotatable bonds is 8. The summed E-state index contributed by atoms with van der Waals surface area (Å²) in [6, 6.07) is -0.982. The average Bonchev–Trinajstić information content (AvgIpc) is 3.36. The zero-order chi connectivity index (χ0) is 24.0. The molecule has 0 aromatic carbocycles. The Hall–Kier alpha value is -1.28. The highest BCUT2D eigenvalue weighted by atomic mass is 32.2. The van der Waals surface area contributed by atoms with Crippen LogP contribution in [0.3, 0.4) is 0 Å². The van der Waals surface area contributed by atoms with E-state index in [0.717, 1.165) is 44.9 Å². The van der Waals surface area contributed by atoms with E-state index >= 15 is 0 Å². The van der Waals surface area contributed by atoms with Crippen LogP contribution in [0, 0.1) is 17.8 Å². The maximum atomic E-state index is 14.1. The molecule has 2 N–H and O–H groups in total. The number of amides is 2. The smallest absolute Gasteiger partial charge is 0.311 e. The number of hydrogen-bond donors (Lipinski definition) is 2. The number of fused-ring (bicyclic) bond motifs is 1. The highest BCUT2D eigenvalue weighted by Gasteiger charge is 2.78. The number of nitrogens with one attached hydrogen (secondary N) is 1. The number of aliphatic hydroxyl groups excluding tert-OH is 1. The normalized spacial score (nSPS) is 37.7. The minimum absolute atomic E-state index is 0.0398. The molecule has 3 saturated heterocycles. The van der Waals surface area contributed by atoms with Crippen molar-refractivity contribution in [1.29, 1.82) is 0 Å². The van der Waals surface area contributed by atoms with Crippen LogP contribution in [0.25, 0.3) is 0 Å². The molecule has 2 amide bonds. The summed E-state index contributed by atoms with van der Waals surface area (Å²) in [5, 5.41) is 13.6. The number of carbonyl (C=O) groups is 3. The Bertz CT molecular complexity index is 787. The van der Waals surface area contributed by atoms with Crippen LogP contribution in [0.4, 0.5) is 0 Å². The summed E-state index contributed by atoms with van der Waals surface area (Å²) >= 11 is 1.66. The van der Waals surface area contributed by atoms with Gasteiger partial charge in [-0.1, -0.05) is 39.5 Å². The van der Waals surface area contributed by atoms with Crippen LogP contribution in [-0.4, -0.2) is 68.6 Å². The summed E-state index contributed by atoms with van der Waals surface area (Å²) in [6.07, 6.45) is 7.63. The molecule has 186 valence electrons. The molecule has 3 aliphatic heterocycles. The highest BCUT2D eigenvalue weighted by molar-refractivity contribution is 8.02. The van der Waals surface area contributed by atoms with E-state index in [0.29, 0.717) is 0 Å². The van der Waals surface area contributed by atoms with Crippen LogP contribution in [0.5, 0.6) is 0 Å². The van der Waals surface area contributed by atoms with Gasteiger partial charge in [0.25, 0.3) is 0 Å². The van der Waals surface area contributed by atoms with E-state index in [-0.39, 0.29) is 43.0 Å². The van der Waals surface area contributed by atoms with Crippen LogP contribution in [-0.2, 0) is 19.1 Å². The van der Waals surface area contributed by atoms with Crippen molar-refractivity contribution in [2.24, 2.45) is 17.8 Å². The van der Waals surface area contributed by atoms with Gasteiger partial charge in [-0.15, -0.1) is 11.8 Å². The fourth-order valence-electron chi connectivity index (χ4n) is 6.95. The molecular weight excluding hydrogens is 440 g/mol. The Balaban J connectivity index is 1.74. The Kier molecular flexibility index (Phi) is 7.08. The second-order valence-corrected chi connectivity index (χ2v) is 12.6. The summed E-state index contributed by atoms with van der Waals surface area (Å²) in [7, 11) is 0. The monoisotopic (exact) mass is 480 g/mol. The molecule has 1 aliphatic carbocycles. The van der Waals surface area contributed by atoms with E-state index in [2.05, 4.69) is 12.2 Å². The van der Waals surface area contributed by atoms with E-state index in [1.165, 1.54) is 6.42 Å². The Morgan fingerprint density at radius 1 is 1.24 bits per heavy atom. The van der Waals surface area contributed by atoms with Crippen LogP contribution in [0.2, 0.25) is 0 Å². The molecule has 1 saturated carbocycles. The first-order chi connectivity index (χ1) is 15.7. The molecule has 4 rings (SSSR count). The molecule has 4 aliphatic rings. The lowest BCUT2D eigenvalue weighted by molar-refractivity contribution is -0.155. The summed E-state index contributed by atoms with van der Waals surface area (Å²) < 4.78 is 4.37. The van der Waals surface area contributed by atoms with Crippen molar-refractivity contribution >= 4 is 29.5 Å². The average molecular weight is 481 g/mol. The van der Waals surface area contributed by atoms with Crippen molar-refractivity contribution < 1.29 is 24.2 Å². The van der Waals surface area contributed by atoms with Gasteiger partial charge in [-0.3, -0.25) is 14.4 Å². The molecule has 2 bridgehead atoms. The largest absolute Gasteiger partial charge is 0.466 e. The lowest BCUT2D eigenvalue weighted by Crippen LogP contribution is -2.59. The zero-order valence-electron chi connectivity index (χ0n) is 20.5. The fraction of sp³-hybridized carbons (Fsp3) is 0.880. The van der Waals surface area contributed by atoms with E-state index in [1.807, 2.05) is 13.8 Å². The number of esters is 1. The first-order valence-electron chi connectivity index (χ1n) is 12.8. The maximum absolute atomic E-state index is 14.1. The van der Waals surface area contributed by atoms with Gasteiger partial charge in [0.15, 0.2) is 0 Å². The predicted molar refractivity (Wildman–Crippen MR) is 128 cm³/mol. The molecule has 33 heavy (non-hydrogen) atoms. The van der Waals surface area contributed by atoms with Crippen molar-refractivity contribution in [3.05, 3.63) is 0 Å². The zero-order valence-corrected chi connectivity index (χ0v) is 21.3. The van der Waals surface area contributed by atoms with Crippen molar-refractivity contribution in [3.8, 4) is 0 Å². The summed E-state index contributed by atoms with van der Waals surface area (Å²) in [5.41, 5.74) is 0. The molecule has 2 unspecified atom stereocenters. The van der Waals surface area contributed by atoms with Gasteiger partial charge in [-0.05, 0) is 45.4 Å². The van der Waals surface area contributed by atoms with E-state index in [9.17, 15) is 19.5 Å². The highest BCUT2D eigenvalue weighted by Crippen LogP contribution is 2.71. The third-order valence-electron chi connectivity index (χ3n) is 8.80. The van der Waals surface area contributed by atoms with Crippen molar-refractivity contribution in [1.82, 2.24) is 10.2 Å². The molecule has 7 nitrogen and oxygen atoms in total. The third-order valence-corrected chi connectivity index (χ3v) is 10.8. The molecule has 7 atom stereocenters. The number of likely N-dealkylation sites (tertiary alicyclic amines) is 1. The number of carbonyl (C=O) groups excluding carboxylic acids is 3. The molecule has 8 heteroatoms. The third kappa shape index (κ3) is 3.89. The predicted octanol–water partition coefficient (Wildman–Crippen LogP) is 2.89. The Morgan fingerprint density at radius 2 is 1.94 bits per heavy atom. The molecule has 0 radical (unpaired) electrons. The van der Waals surface area contributed by atoms with E-state index in [1.54, 1.807) is 23.6 Å². The Morgan fingerprint density at radius 3 is 2.55 bits per heavy atom. The molecule has 4 fully saturated rings. The van der Waals surface area contributed by atoms with E-state index in [4.69, 9.17) is 4.74 Å². The van der Waals surface area contributed by atoms with Gasteiger partial charge < -0.3 is 20.1 Å². The molecule has 3 heterocycles. The van der Waals surface area contributed by atoms with Gasteiger partial charge in [0, 0.05) is 10.8 Å². The number of nitrogens with zero attached hydrogens (tertiary/aromatic N) is 1. The Labute approximate surface area is 201 Å². The first kappa shape index (κ1) is 24.8. The fourth-order valence-corrected chi connectivity index (χ4v) is 9.28. The van der Waals surface area contributed by atoms with Crippen molar-refractivity contribution in [2.45, 2.75) is 107 Å². The maximum Gasteiger partial charge on any atom is 0.311 e. The summed E-state index contributed by atoms with van der Waals surface area (Å²) in [6.45, 7) is 7.97. The van der Waals surface area contributed by atoms with Crippen LogP contribution < -0.4 is 5.32 Å². The minimum atomic E-state index is -0.672. The quantitative estimate of drug-likeness (QED) is 0.519. The number of aliphatic hydroxyl groups is 1. The minimum Gasteiger partial charge on any atom is -0.466 e. The lowest BCUT2D eigenvalue weighted by atomic mass is 9.66. The standard InChI is InChI=1S/C25H40N2O5S/c1-5-15(3)17(14-28)27-20(21(29)26-16-10-8-7-9-11-16)25-13-12-24(4,33-25)19(18(25)22(27)30)23(31)32-6-2/h15-20,28H,5-14H2,1-4H3,(H,26,29)/t15-,17-,18-,19+,20?,24-,25?/m0/s1. The van der Waals surface area contributed by atoms with Crippen LogP contribution in [0.15, 0.2) is 0 Å². The van der Waals surface area contributed by atoms with E-state index < -0.39 is 33.4 Å².